The molecule has 0 aliphatic carbocycles. The van der Waals surface area contributed by atoms with Crippen LogP contribution >= 0.6 is 0 Å². The van der Waals surface area contributed by atoms with Gasteiger partial charge in [-0.1, -0.05) is 18.2 Å². The molecule has 0 spiro atoms. The summed E-state index contributed by atoms with van der Waals surface area (Å²) in [5.74, 6) is 0.577. The van der Waals surface area contributed by atoms with E-state index in [4.69, 9.17) is 9.47 Å². The fourth-order valence-corrected chi connectivity index (χ4v) is 1.83. The summed E-state index contributed by atoms with van der Waals surface area (Å²) in [6.45, 7) is 6.35. The molecule has 0 fully saturated rings. The van der Waals surface area contributed by atoms with Gasteiger partial charge in [0.1, 0.15) is 11.8 Å². The largest absolute Gasteiger partial charge is 0.494 e. The molecule has 0 aliphatic heterocycles. The lowest BCUT2D eigenvalue weighted by Gasteiger charge is -2.20. The fraction of sp³-hybridized carbons (Fsp3) is 0.500. The van der Waals surface area contributed by atoms with Crippen molar-refractivity contribution in [3.63, 3.8) is 0 Å². The van der Waals surface area contributed by atoms with Gasteiger partial charge < -0.3 is 9.47 Å². The minimum Gasteiger partial charge on any atom is -0.494 e. The molecule has 0 radical (unpaired) electrons. The number of benzene rings is 1. The first-order chi connectivity index (χ1) is 8.60. The molecular weight excluding hydrogens is 230 g/mol. The van der Waals surface area contributed by atoms with Gasteiger partial charge in [0.05, 0.1) is 13.7 Å². The van der Waals surface area contributed by atoms with Crippen molar-refractivity contribution in [1.82, 2.24) is 5.32 Å². The molecule has 0 amide bonds. The van der Waals surface area contributed by atoms with Gasteiger partial charge >= 0.3 is 5.97 Å². The smallest absolute Gasteiger partial charge is 0.322 e. The molecule has 1 N–H and O–H groups in total. The summed E-state index contributed by atoms with van der Waals surface area (Å²) in [5.41, 5.74) is 1.04. The average Bonchev–Trinajstić information content (AvgIpc) is 2.38. The predicted octanol–water partition coefficient (Wildman–Crippen LogP) is 2.30. The second kappa shape index (κ2) is 7.01. The first-order valence-electron chi connectivity index (χ1n) is 6.15. The van der Waals surface area contributed by atoms with Gasteiger partial charge in [-0.3, -0.25) is 10.1 Å². The van der Waals surface area contributed by atoms with Crippen LogP contribution in [0, 0.1) is 0 Å². The highest BCUT2D eigenvalue weighted by atomic mass is 16.5. The van der Waals surface area contributed by atoms with Gasteiger partial charge in [-0.25, -0.2) is 0 Å². The van der Waals surface area contributed by atoms with Crippen molar-refractivity contribution in [2.45, 2.75) is 32.9 Å². The van der Waals surface area contributed by atoms with E-state index in [1.807, 2.05) is 38.1 Å². The molecule has 0 aliphatic rings. The molecule has 0 bridgehead atoms. The highest BCUT2D eigenvalue weighted by molar-refractivity contribution is 5.75. The standard InChI is InChI=1S/C14H21NO3/c1-5-18-13-9-7-6-8-12(13)10(2)15-11(3)14(16)17-4/h6-11,15H,5H2,1-4H3. The van der Waals surface area contributed by atoms with E-state index in [9.17, 15) is 4.79 Å². The Hall–Kier alpha value is -1.55. The summed E-state index contributed by atoms with van der Waals surface area (Å²) in [5, 5.41) is 3.19. The number of carbonyl (C=O) groups excluding carboxylic acids is 1. The highest BCUT2D eigenvalue weighted by Gasteiger charge is 2.18. The van der Waals surface area contributed by atoms with Gasteiger partial charge in [0.15, 0.2) is 0 Å². The van der Waals surface area contributed by atoms with E-state index in [0.29, 0.717) is 6.61 Å². The molecule has 2 unspecified atom stereocenters. The first kappa shape index (κ1) is 14.5. The highest BCUT2D eigenvalue weighted by Crippen LogP contribution is 2.25. The monoisotopic (exact) mass is 251 g/mol. The summed E-state index contributed by atoms with van der Waals surface area (Å²) < 4.78 is 10.3. The van der Waals surface area contributed by atoms with Gasteiger partial charge in [-0.15, -0.1) is 0 Å². The number of hydrogen-bond acceptors (Lipinski definition) is 4. The molecule has 4 nitrogen and oxygen atoms in total. The number of esters is 1. The Morgan fingerprint density at radius 2 is 2.00 bits per heavy atom. The van der Waals surface area contributed by atoms with E-state index < -0.39 is 0 Å². The van der Waals surface area contributed by atoms with Crippen molar-refractivity contribution < 1.29 is 14.3 Å². The van der Waals surface area contributed by atoms with Crippen LogP contribution in [0.2, 0.25) is 0 Å². The summed E-state index contributed by atoms with van der Waals surface area (Å²) in [7, 11) is 1.39. The SMILES string of the molecule is CCOc1ccccc1C(C)NC(C)C(=O)OC. The van der Waals surface area contributed by atoms with Crippen molar-refractivity contribution in [2.24, 2.45) is 0 Å². The zero-order valence-corrected chi connectivity index (χ0v) is 11.4. The molecule has 1 rings (SSSR count). The molecule has 100 valence electrons. The summed E-state index contributed by atoms with van der Waals surface area (Å²) in [6, 6.07) is 7.48. The van der Waals surface area contributed by atoms with E-state index in [1.165, 1.54) is 7.11 Å². The Labute approximate surface area is 108 Å². The van der Waals surface area contributed by atoms with Crippen LogP contribution in [-0.4, -0.2) is 25.7 Å². The zero-order chi connectivity index (χ0) is 13.5. The number of ether oxygens (including phenoxy) is 2. The summed E-state index contributed by atoms with van der Waals surface area (Å²) >= 11 is 0. The van der Waals surface area contributed by atoms with Gasteiger partial charge in [-0.2, -0.15) is 0 Å². The third kappa shape index (κ3) is 3.74. The molecular formula is C14H21NO3. The number of rotatable bonds is 6. The second-order valence-electron chi connectivity index (χ2n) is 4.10. The Balaban J connectivity index is 2.77. The first-order valence-corrected chi connectivity index (χ1v) is 6.15. The average molecular weight is 251 g/mol. The third-order valence-corrected chi connectivity index (χ3v) is 2.74. The second-order valence-corrected chi connectivity index (χ2v) is 4.10. The molecule has 1 aromatic rings. The molecule has 2 atom stereocenters. The minimum atomic E-state index is -0.348. The zero-order valence-electron chi connectivity index (χ0n) is 11.4. The lowest BCUT2D eigenvalue weighted by molar-refractivity contribution is -0.142. The normalized spacial score (nSPS) is 13.8. The van der Waals surface area contributed by atoms with Crippen molar-refractivity contribution in [3.05, 3.63) is 29.8 Å². The van der Waals surface area contributed by atoms with Crippen LogP contribution in [0.5, 0.6) is 5.75 Å². The van der Waals surface area contributed by atoms with Crippen LogP contribution < -0.4 is 10.1 Å². The van der Waals surface area contributed by atoms with Crippen LogP contribution in [0.3, 0.4) is 0 Å². The van der Waals surface area contributed by atoms with Crippen LogP contribution in [0.25, 0.3) is 0 Å². The maximum absolute atomic E-state index is 11.4. The van der Waals surface area contributed by atoms with E-state index in [-0.39, 0.29) is 18.1 Å². The van der Waals surface area contributed by atoms with E-state index in [1.54, 1.807) is 6.92 Å². The van der Waals surface area contributed by atoms with Crippen LogP contribution in [0.4, 0.5) is 0 Å². The fourth-order valence-electron chi connectivity index (χ4n) is 1.83. The molecule has 18 heavy (non-hydrogen) atoms. The number of carbonyl (C=O) groups is 1. The van der Waals surface area contributed by atoms with Crippen LogP contribution in [0.1, 0.15) is 32.4 Å². The topological polar surface area (TPSA) is 47.6 Å². The van der Waals surface area contributed by atoms with Crippen molar-refractivity contribution >= 4 is 5.97 Å². The van der Waals surface area contributed by atoms with Crippen molar-refractivity contribution in [1.29, 1.82) is 0 Å². The molecule has 1 aromatic carbocycles. The molecule has 0 aromatic heterocycles. The van der Waals surface area contributed by atoms with Gasteiger partial charge in [0, 0.05) is 11.6 Å². The van der Waals surface area contributed by atoms with E-state index in [0.717, 1.165) is 11.3 Å². The maximum atomic E-state index is 11.4. The Morgan fingerprint density at radius 3 is 2.61 bits per heavy atom. The number of para-hydroxylation sites is 1. The lowest BCUT2D eigenvalue weighted by Crippen LogP contribution is -2.36. The number of methoxy groups -OCH3 is 1. The molecule has 0 saturated heterocycles. The molecule has 0 heterocycles. The van der Waals surface area contributed by atoms with Gasteiger partial charge in [-0.05, 0) is 26.8 Å². The molecule has 0 saturated carbocycles. The van der Waals surface area contributed by atoms with Crippen molar-refractivity contribution in [2.75, 3.05) is 13.7 Å². The van der Waals surface area contributed by atoms with Crippen LogP contribution in [-0.2, 0) is 9.53 Å². The van der Waals surface area contributed by atoms with E-state index >= 15 is 0 Å². The predicted molar refractivity (Wildman–Crippen MR) is 70.6 cm³/mol. The lowest BCUT2D eigenvalue weighted by atomic mass is 10.1. The maximum Gasteiger partial charge on any atom is 0.322 e. The van der Waals surface area contributed by atoms with Gasteiger partial charge in [0.25, 0.3) is 0 Å². The van der Waals surface area contributed by atoms with Gasteiger partial charge in [0.2, 0.25) is 0 Å². The molecule has 4 heteroatoms. The summed E-state index contributed by atoms with van der Waals surface area (Å²) in [6.07, 6.45) is 0. The number of hydrogen-bond donors (Lipinski definition) is 1. The van der Waals surface area contributed by atoms with Crippen LogP contribution in [0.15, 0.2) is 24.3 Å². The Kier molecular flexibility index (Phi) is 5.65. The Morgan fingerprint density at radius 1 is 1.33 bits per heavy atom. The number of nitrogens with one attached hydrogen (secondary N) is 1. The quantitative estimate of drug-likeness (QED) is 0.788. The minimum absolute atomic E-state index is 0.0156. The van der Waals surface area contributed by atoms with Crippen molar-refractivity contribution in [3.8, 4) is 5.75 Å². The Bertz CT molecular complexity index is 392. The summed E-state index contributed by atoms with van der Waals surface area (Å²) in [4.78, 5) is 11.4. The third-order valence-electron chi connectivity index (χ3n) is 2.74. The van der Waals surface area contributed by atoms with E-state index in [2.05, 4.69) is 5.32 Å².